The SMILES string of the molecule is CCC(C=C1OC(=O)C2=C3c4cc(O)ccc4-c4cccc(c4)CNCCc4cccc(c4)C4(CCCC4)C4CCC(C5CCNC(NC)C5)(CC=C5OC(=O)C6=C5CCC5C3CCC12C65)C4)Cc1ccccc1. The van der Waals surface area contributed by atoms with Crippen molar-refractivity contribution in [2.24, 2.45) is 46.3 Å². The fourth-order valence-corrected chi connectivity index (χ4v) is 17.3. The number of nitrogens with one attached hydrogen (secondary N) is 3. The second-order valence-electron chi connectivity index (χ2n) is 24.2. The minimum atomic E-state index is -0.852. The van der Waals surface area contributed by atoms with E-state index in [4.69, 9.17) is 9.47 Å². The van der Waals surface area contributed by atoms with Gasteiger partial charge in [0.1, 0.15) is 17.3 Å². The summed E-state index contributed by atoms with van der Waals surface area (Å²) in [5.41, 5.74) is 11.3. The van der Waals surface area contributed by atoms with Crippen molar-refractivity contribution in [1.82, 2.24) is 16.0 Å². The normalized spacial score (nSPS) is 32.0. The van der Waals surface area contributed by atoms with Crippen molar-refractivity contribution in [3.63, 3.8) is 0 Å². The van der Waals surface area contributed by atoms with Gasteiger partial charge in [-0.2, -0.15) is 0 Å². The molecule has 6 aliphatic carbocycles. The third-order valence-corrected chi connectivity index (χ3v) is 20.8. The summed E-state index contributed by atoms with van der Waals surface area (Å²) >= 11 is 0. The molecule has 5 aliphatic heterocycles. The molecule has 4 aromatic rings. The van der Waals surface area contributed by atoms with Crippen LogP contribution in [0.4, 0.5) is 0 Å². The molecule has 384 valence electrons. The van der Waals surface area contributed by atoms with Crippen LogP contribution in [0.15, 0.2) is 137 Å². The third-order valence-electron chi connectivity index (χ3n) is 20.8. The number of rotatable bonds is 6. The Morgan fingerprint density at radius 3 is 2.50 bits per heavy atom. The number of fused-ring (bicyclic) bond motifs is 5. The fraction of sp³-hybridized carbons (Fsp3) is 0.485. The van der Waals surface area contributed by atoms with Gasteiger partial charge >= 0.3 is 11.9 Å². The lowest BCUT2D eigenvalue weighted by Crippen LogP contribution is -2.52. The molecule has 0 aromatic heterocycles. The molecule has 4 N–H and O–H groups in total. The van der Waals surface area contributed by atoms with Crippen LogP contribution in [0.2, 0.25) is 0 Å². The lowest BCUT2D eigenvalue weighted by molar-refractivity contribution is -0.135. The van der Waals surface area contributed by atoms with Crippen LogP contribution in [0.25, 0.3) is 16.7 Å². The molecule has 9 unspecified atom stereocenters. The molecule has 2 spiro atoms. The zero-order valence-corrected chi connectivity index (χ0v) is 43.7. The lowest BCUT2D eigenvalue weighted by Gasteiger charge is -2.56. The number of hydrogen-bond donors (Lipinski definition) is 4. The average molecular weight is 990 g/mol. The van der Waals surface area contributed by atoms with Gasteiger partial charge in [-0.3, -0.25) is 0 Å². The first-order valence-electron chi connectivity index (χ1n) is 28.7. The highest BCUT2D eigenvalue weighted by molar-refractivity contribution is 6.07. The maximum atomic E-state index is 15.2. The number of allylic oxidation sites excluding steroid dienone is 5. The molecule has 8 nitrogen and oxygen atoms in total. The molecule has 0 radical (unpaired) electrons. The predicted molar refractivity (Wildman–Crippen MR) is 291 cm³/mol. The van der Waals surface area contributed by atoms with E-state index in [-0.39, 0.29) is 58.4 Å². The molecule has 74 heavy (non-hydrogen) atoms. The number of carbonyl (C=O) groups excluding carboxylic acids is 2. The Hall–Kier alpha value is -5.54. The van der Waals surface area contributed by atoms with Crippen molar-refractivity contribution in [1.29, 1.82) is 0 Å². The number of ether oxygens (including phenoxy) is 2. The first kappa shape index (κ1) is 48.1. The standard InChI is InChI=1S/C66H75N3O5/c1-3-41(33-42-11-5-4-6-12-42)36-56-66-30-22-51-52-19-20-53-55(73-62(71)59(53)60(52)66)23-29-64(46-25-32-69-57(37-46)67-2)28-21-48(39-64)65(26-7-8-27-65)47-16-10-13-43(35-47)24-31-68-40-44-14-9-15-45(34-44)50-18-17-49(70)38-54(50)58(51)61(66)63(72)74-56/h4-6,9-18,23,34-36,38,41,46,48,51-52,57,60,67-70H,3,7-8,19-22,24-33,37,39-40H2,1-2H3. The predicted octanol–water partition coefficient (Wildman–Crippen LogP) is 12.6. The quantitative estimate of drug-likeness (QED) is 0.142. The highest BCUT2D eigenvalue weighted by atomic mass is 16.5. The van der Waals surface area contributed by atoms with Crippen molar-refractivity contribution in [2.75, 3.05) is 20.1 Å². The van der Waals surface area contributed by atoms with Crippen molar-refractivity contribution in [3.05, 3.63) is 165 Å². The highest BCUT2D eigenvalue weighted by Crippen LogP contribution is 2.72. The first-order valence-corrected chi connectivity index (χ1v) is 28.7. The molecule has 15 rings (SSSR count). The maximum Gasteiger partial charge on any atom is 0.340 e. The Balaban J connectivity index is 0.985. The number of phenolic OH excluding ortho intramolecular Hbond substituents is 1. The molecule has 11 aliphatic rings. The minimum absolute atomic E-state index is 0.00987. The van der Waals surface area contributed by atoms with E-state index in [1.165, 1.54) is 61.6 Å². The molecule has 9 atom stereocenters. The Morgan fingerprint density at radius 2 is 1.65 bits per heavy atom. The molecule has 8 heteroatoms. The maximum absolute atomic E-state index is 15.2. The summed E-state index contributed by atoms with van der Waals surface area (Å²) in [6, 6.07) is 34.8. The van der Waals surface area contributed by atoms with Gasteiger partial charge in [0.2, 0.25) is 0 Å². The minimum Gasteiger partial charge on any atom is -0.508 e. The number of benzene rings is 4. The molecule has 5 fully saturated rings. The highest BCUT2D eigenvalue weighted by Gasteiger charge is 2.69. The van der Waals surface area contributed by atoms with E-state index in [2.05, 4.69) is 121 Å². The molecular weight excluding hydrogens is 915 g/mol. The Labute approximate surface area is 438 Å². The van der Waals surface area contributed by atoms with Gasteiger partial charge in [-0.05, 0) is 232 Å². The Kier molecular flexibility index (Phi) is 12.5. The van der Waals surface area contributed by atoms with Crippen molar-refractivity contribution >= 4 is 17.5 Å². The van der Waals surface area contributed by atoms with Gasteiger partial charge in [0.25, 0.3) is 0 Å². The van der Waals surface area contributed by atoms with Crippen LogP contribution >= 0.6 is 0 Å². The summed E-state index contributed by atoms with van der Waals surface area (Å²) < 4.78 is 13.4. The van der Waals surface area contributed by atoms with Gasteiger partial charge in [-0.25, -0.2) is 9.59 Å². The number of piperidine rings is 1. The molecule has 4 aromatic carbocycles. The fourth-order valence-electron chi connectivity index (χ4n) is 17.3. The summed E-state index contributed by atoms with van der Waals surface area (Å²) in [6.07, 6.45) is 22.7. The van der Waals surface area contributed by atoms with Crippen molar-refractivity contribution in [3.8, 4) is 16.9 Å². The zero-order chi connectivity index (χ0) is 50.2. The van der Waals surface area contributed by atoms with Gasteiger partial charge in [-0.1, -0.05) is 98.6 Å². The number of cyclic esters (lactones) is 1. The molecular formula is C66H75N3O5. The van der Waals surface area contributed by atoms with E-state index in [1.807, 2.05) is 12.1 Å². The van der Waals surface area contributed by atoms with E-state index in [1.54, 1.807) is 11.6 Å². The first-order chi connectivity index (χ1) is 36.2. The average Bonchev–Trinajstić information content (AvgIpc) is 4.28. The van der Waals surface area contributed by atoms with E-state index < -0.39 is 5.41 Å². The van der Waals surface area contributed by atoms with Crippen LogP contribution < -0.4 is 16.0 Å². The molecule has 2 saturated heterocycles. The van der Waals surface area contributed by atoms with Gasteiger partial charge < -0.3 is 30.5 Å². The van der Waals surface area contributed by atoms with Gasteiger partial charge in [-0.15, -0.1) is 0 Å². The second kappa shape index (κ2) is 19.2. The summed E-state index contributed by atoms with van der Waals surface area (Å²) in [5, 5.41) is 22.6. The lowest BCUT2D eigenvalue weighted by atomic mass is 9.44. The van der Waals surface area contributed by atoms with Crippen LogP contribution in [0, 0.1) is 46.3 Å². The Morgan fingerprint density at radius 1 is 0.797 bits per heavy atom. The van der Waals surface area contributed by atoms with Crippen LogP contribution in [-0.4, -0.2) is 43.3 Å². The largest absolute Gasteiger partial charge is 0.508 e. The number of hydrogen-bond acceptors (Lipinski definition) is 8. The molecule has 5 heterocycles. The van der Waals surface area contributed by atoms with Crippen LogP contribution in [0.5, 0.6) is 5.75 Å². The smallest absolute Gasteiger partial charge is 0.340 e. The van der Waals surface area contributed by atoms with Gasteiger partial charge in [0, 0.05) is 23.6 Å². The Bertz CT molecular complexity index is 3000. The van der Waals surface area contributed by atoms with E-state index in [0.29, 0.717) is 29.6 Å². The second-order valence-corrected chi connectivity index (χ2v) is 24.2. The van der Waals surface area contributed by atoms with Gasteiger partial charge in [0.15, 0.2) is 0 Å². The van der Waals surface area contributed by atoms with Crippen LogP contribution in [0.1, 0.15) is 131 Å². The summed E-state index contributed by atoms with van der Waals surface area (Å²) in [6.45, 7) is 4.83. The number of aromatic hydroxyl groups is 1. The summed E-state index contributed by atoms with van der Waals surface area (Å²) in [5.74, 6) is 2.18. The molecule has 14 bridgehead atoms. The summed E-state index contributed by atoms with van der Waals surface area (Å²) in [7, 11) is 2.09. The summed E-state index contributed by atoms with van der Waals surface area (Å²) in [4.78, 5) is 30.4. The van der Waals surface area contributed by atoms with Crippen molar-refractivity contribution < 1.29 is 24.2 Å². The van der Waals surface area contributed by atoms with Crippen LogP contribution in [-0.2, 0) is 43.9 Å². The zero-order valence-electron chi connectivity index (χ0n) is 43.7. The van der Waals surface area contributed by atoms with E-state index in [0.717, 1.165) is 117 Å². The molecule has 3 saturated carbocycles. The number of esters is 2. The van der Waals surface area contributed by atoms with E-state index in [9.17, 15) is 5.11 Å². The monoisotopic (exact) mass is 990 g/mol. The van der Waals surface area contributed by atoms with Crippen LogP contribution in [0.3, 0.4) is 0 Å². The van der Waals surface area contributed by atoms with E-state index >= 15 is 9.59 Å². The third kappa shape index (κ3) is 7.93. The van der Waals surface area contributed by atoms with Gasteiger partial charge in [0.05, 0.1) is 17.2 Å². The molecule has 0 amide bonds. The van der Waals surface area contributed by atoms with Crippen molar-refractivity contribution in [2.45, 2.75) is 134 Å². The number of phenols is 1. The topological polar surface area (TPSA) is 109 Å². The number of carbonyl (C=O) groups is 2.